The smallest absolute Gasteiger partial charge is 0.162 e. The third-order valence-electron chi connectivity index (χ3n) is 1.48. The summed E-state index contributed by atoms with van der Waals surface area (Å²) >= 11 is 0. The molecular formula is C8H10N2O. The molecule has 11 heavy (non-hydrogen) atoms. The molecule has 0 saturated carbocycles. The van der Waals surface area contributed by atoms with E-state index in [1.807, 2.05) is 17.8 Å². The molecular weight excluding hydrogens is 140 g/mol. The summed E-state index contributed by atoms with van der Waals surface area (Å²) in [5.41, 5.74) is 0. The van der Waals surface area contributed by atoms with Gasteiger partial charge in [0.2, 0.25) is 0 Å². The van der Waals surface area contributed by atoms with E-state index in [4.69, 9.17) is 0 Å². The summed E-state index contributed by atoms with van der Waals surface area (Å²) in [6.45, 7) is 3.38. The largest absolute Gasteiger partial charge is 0.338 e. The van der Waals surface area contributed by atoms with Crippen molar-refractivity contribution in [3.05, 3.63) is 30.9 Å². The fourth-order valence-corrected chi connectivity index (χ4v) is 0.795. The normalized spacial score (nSPS) is 9.55. The van der Waals surface area contributed by atoms with Gasteiger partial charge in [-0.1, -0.05) is 6.58 Å². The molecule has 0 aliphatic carbocycles. The van der Waals surface area contributed by atoms with E-state index in [1.165, 1.54) is 6.08 Å². The second-order valence-corrected chi connectivity index (χ2v) is 2.30. The van der Waals surface area contributed by atoms with Gasteiger partial charge < -0.3 is 4.57 Å². The number of allylic oxidation sites excluding steroid dienone is 1. The van der Waals surface area contributed by atoms with Crippen LogP contribution in [-0.2, 0) is 18.3 Å². The minimum Gasteiger partial charge on any atom is -0.338 e. The summed E-state index contributed by atoms with van der Waals surface area (Å²) in [7, 11) is 1.86. The van der Waals surface area contributed by atoms with Crippen LogP contribution in [-0.4, -0.2) is 15.3 Å². The van der Waals surface area contributed by atoms with Crippen molar-refractivity contribution in [3.8, 4) is 0 Å². The highest BCUT2D eigenvalue weighted by atomic mass is 16.1. The molecule has 0 spiro atoms. The minimum absolute atomic E-state index is 0.000648. The van der Waals surface area contributed by atoms with Crippen LogP contribution in [0.25, 0.3) is 0 Å². The Balaban J connectivity index is 2.71. The van der Waals surface area contributed by atoms with Gasteiger partial charge in [-0.3, -0.25) is 4.79 Å². The number of hydrogen-bond donors (Lipinski definition) is 0. The summed E-state index contributed by atoms with van der Waals surface area (Å²) in [6, 6.07) is 0. The van der Waals surface area contributed by atoms with Crippen molar-refractivity contribution in [1.82, 2.24) is 9.55 Å². The fraction of sp³-hybridized carbons (Fsp3) is 0.250. The zero-order valence-electron chi connectivity index (χ0n) is 6.45. The van der Waals surface area contributed by atoms with Crippen molar-refractivity contribution in [2.24, 2.45) is 7.05 Å². The molecule has 0 unspecified atom stereocenters. The molecule has 3 heteroatoms. The number of ketones is 1. The topological polar surface area (TPSA) is 34.9 Å². The van der Waals surface area contributed by atoms with Crippen LogP contribution >= 0.6 is 0 Å². The molecule has 0 radical (unpaired) electrons. The Bertz CT molecular complexity index is 275. The number of imidazole rings is 1. The molecule has 0 amide bonds. The second kappa shape index (κ2) is 3.14. The van der Waals surface area contributed by atoms with E-state index in [2.05, 4.69) is 11.6 Å². The molecule has 0 aromatic carbocycles. The molecule has 0 bridgehead atoms. The predicted octanol–water partition coefficient (Wildman–Crippen LogP) is 0.718. The molecule has 1 heterocycles. The number of hydrogen-bond acceptors (Lipinski definition) is 2. The van der Waals surface area contributed by atoms with Gasteiger partial charge in [0.25, 0.3) is 0 Å². The molecule has 3 nitrogen and oxygen atoms in total. The second-order valence-electron chi connectivity index (χ2n) is 2.30. The summed E-state index contributed by atoms with van der Waals surface area (Å²) < 4.78 is 1.82. The Labute approximate surface area is 65.4 Å². The van der Waals surface area contributed by atoms with Gasteiger partial charge in [0.15, 0.2) is 5.78 Å². The van der Waals surface area contributed by atoms with Crippen molar-refractivity contribution in [1.29, 1.82) is 0 Å². The Morgan fingerprint density at radius 2 is 2.64 bits per heavy atom. The zero-order chi connectivity index (χ0) is 8.27. The SMILES string of the molecule is C=CC(=O)Cc1nccn1C. The van der Waals surface area contributed by atoms with Crippen molar-refractivity contribution in [3.63, 3.8) is 0 Å². The number of rotatable bonds is 3. The molecule has 0 saturated heterocycles. The van der Waals surface area contributed by atoms with Crippen molar-refractivity contribution >= 4 is 5.78 Å². The summed E-state index contributed by atoms with van der Waals surface area (Å²) in [6.07, 6.45) is 5.14. The Hall–Kier alpha value is -1.38. The lowest BCUT2D eigenvalue weighted by atomic mass is 10.3. The lowest BCUT2D eigenvalue weighted by Crippen LogP contribution is -2.04. The average molecular weight is 150 g/mol. The molecule has 1 rings (SSSR count). The monoisotopic (exact) mass is 150 g/mol. The van der Waals surface area contributed by atoms with Gasteiger partial charge in [-0.05, 0) is 6.08 Å². The molecule has 1 aromatic heterocycles. The van der Waals surface area contributed by atoms with Crippen LogP contribution in [0.2, 0.25) is 0 Å². The van der Waals surface area contributed by atoms with E-state index in [1.54, 1.807) is 6.20 Å². The van der Waals surface area contributed by atoms with Crippen LogP contribution in [0.1, 0.15) is 5.82 Å². The van der Waals surface area contributed by atoms with E-state index in [9.17, 15) is 4.79 Å². The summed E-state index contributed by atoms with van der Waals surface area (Å²) in [5, 5.41) is 0. The van der Waals surface area contributed by atoms with Gasteiger partial charge in [-0.25, -0.2) is 4.98 Å². The lowest BCUT2D eigenvalue weighted by Gasteiger charge is -1.96. The van der Waals surface area contributed by atoms with Crippen molar-refractivity contribution in [2.75, 3.05) is 0 Å². The van der Waals surface area contributed by atoms with Gasteiger partial charge in [-0.2, -0.15) is 0 Å². The Kier molecular flexibility index (Phi) is 2.21. The minimum atomic E-state index is -0.000648. The number of aryl methyl sites for hydroxylation is 1. The van der Waals surface area contributed by atoms with Gasteiger partial charge in [-0.15, -0.1) is 0 Å². The fourth-order valence-electron chi connectivity index (χ4n) is 0.795. The maximum absolute atomic E-state index is 10.9. The van der Waals surface area contributed by atoms with E-state index >= 15 is 0 Å². The Morgan fingerprint density at radius 1 is 1.91 bits per heavy atom. The van der Waals surface area contributed by atoms with Crippen LogP contribution in [0, 0.1) is 0 Å². The molecule has 0 atom stereocenters. The van der Waals surface area contributed by atoms with Gasteiger partial charge >= 0.3 is 0 Å². The molecule has 0 N–H and O–H groups in total. The highest BCUT2D eigenvalue weighted by molar-refractivity contribution is 5.90. The number of carbonyl (C=O) groups excluding carboxylic acids is 1. The van der Waals surface area contributed by atoms with Crippen molar-refractivity contribution < 1.29 is 4.79 Å². The van der Waals surface area contributed by atoms with Crippen LogP contribution < -0.4 is 0 Å². The highest BCUT2D eigenvalue weighted by Gasteiger charge is 2.02. The van der Waals surface area contributed by atoms with E-state index in [0.717, 1.165) is 5.82 Å². The maximum atomic E-state index is 10.9. The van der Waals surface area contributed by atoms with Gasteiger partial charge in [0, 0.05) is 19.4 Å². The van der Waals surface area contributed by atoms with Crippen LogP contribution in [0.15, 0.2) is 25.0 Å². The molecule has 0 aliphatic heterocycles. The number of carbonyl (C=O) groups is 1. The van der Waals surface area contributed by atoms with Crippen LogP contribution in [0.3, 0.4) is 0 Å². The highest BCUT2D eigenvalue weighted by Crippen LogP contribution is 1.95. The summed E-state index contributed by atoms with van der Waals surface area (Å²) in [4.78, 5) is 14.9. The predicted molar refractivity (Wildman–Crippen MR) is 42.1 cm³/mol. The first-order valence-corrected chi connectivity index (χ1v) is 3.35. The number of aromatic nitrogens is 2. The van der Waals surface area contributed by atoms with Gasteiger partial charge in [0.1, 0.15) is 5.82 Å². The maximum Gasteiger partial charge on any atom is 0.162 e. The quantitative estimate of drug-likeness (QED) is 0.595. The van der Waals surface area contributed by atoms with Crippen LogP contribution in [0.4, 0.5) is 0 Å². The first-order chi connectivity index (χ1) is 5.24. The first kappa shape index (κ1) is 7.72. The van der Waals surface area contributed by atoms with E-state index < -0.39 is 0 Å². The summed E-state index contributed by atoms with van der Waals surface area (Å²) in [5.74, 6) is 0.772. The van der Waals surface area contributed by atoms with Gasteiger partial charge in [0.05, 0.1) is 6.42 Å². The van der Waals surface area contributed by atoms with E-state index in [0.29, 0.717) is 6.42 Å². The van der Waals surface area contributed by atoms with Crippen molar-refractivity contribution in [2.45, 2.75) is 6.42 Å². The average Bonchev–Trinajstić information content (AvgIpc) is 2.37. The first-order valence-electron chi connectivity index (χ1n) is 3.35. The molecule has 0 aliphatic rings. The molecule has 58 valence electrons. The Morgan fingerprint density at radius 3 is 3.09 bits per heavy atom. The van der Waals surface area contributed by atoms with E-state index in [-0.39, 0.29) is 5.78 Å². The standard InChI is InChI=1S/C8H10N2O/c1-3-7(11)6-8-9-4-5-10(8)2/h3-5H,1,6H2,2H3. The number of nitrogens with zero attached hydrogens (tertiary/aromatic N) is 2. The molecule has 1 aromatic rings. The molecule has 0 fully saturated rings. The van der Waals surface area contributed by atoms with Crippen LogP contribution in [0.5, 0.6) is 0 Å². The third kappa shape index (κ3) is 1.77. The third-order valence-corrected chi connectivity index (χ3v) is 1.48. The zero-order valence-corrected chi connectivity index (χ0v) is 6.45. The lowest BCUT2D eigenvalue weighted by molar-refractivity contribution is -0.114.